The minimum absolute atomic E-state index is 0.193. The number of aryl methyl sites for hydroxylation is 1. The maximum atomic E-state index is 12.7. The van der Waals surface area contributed by atoms with Gasteiger partial charge in [0.05, 0.1) is 11.9 Å². The largest absolute Gasteiger partial charge is 0.380 e. The van der Waals surface area contributed by atoms with E-state index in [2.05, 4.69) is 17.3 Å². The van der Waals surface area contributed by atoms with Crippen LogP contribution in [0, 0.1) is 5.82 Å². The summed E-state index contributed by atoms with van der Waals surface area (Å²) >= 11 is 0. The molecule has 1 aromatic heterocycles. The Bertz CT molecular complexity index is 476. The zero-order valence-corrected chi connectivity index (χ0v) is 10.0. The number of benzene rings is 1. The van der Waals surface area contributed by atoms with E-state index in [1.807, 2.05) is 25.4 Å². The number of nitrogens with one attached hydrogen (secondary N) is 1. The van der Waals surface area contributed by atoms with Crippen molar-refractivity contribution in [1.29, 1.82) is 0 Å². The Kier molecular flexibility index (Phi) is 3.42. The standard InChI is InChI=1S/C13H16FN3/c1-10(16-13-8-15-17(2)9-13)7-11-3-5-12(14)6-4-11/h3-6,8-10,16H,7H2,1-2H3/t10-/m1/s1. The van der Waals surface area contributed by atoms with Crippen molar-refractivity contribution < 1.29 is 4.39 Å². The third-order valence-corrected chi connectivity index (χ3v) is 2.57. The van der Waals surface area contributed by atoms with E-state index in [0.717, 1.165) is 17.7 Å². The third-order valence-electron chi connectivity index (χ3n) is 2.57. The monoisotopic (exact) mass is 233 g/mol. The summed E-state index contributed by atoms with van der Waals surface area (Å²) in [6, 6.07) is 6.90. The summed E-state index contributed by atoms with van der Waals surface area (Å²) in [5.74, 6) is -0.193. The van der Waals surface area contributed by atoms with E-state index in [4.69, 9.17) is 0 Å². The van der Waals surface area contributed by atoms with Gasteiger partial charge in [0.2, 0.25) is 0 Å². The van der Waals surface area contributed by atoms with Crippen LogP contribution in [0.2, 0.25) is 0 Å². The second-order valence-electron chi connectivity index (χ2n) is 4.28. The Hall–Kier alpha value is -1.84. The van der Waals surface area contributed by atoms with Crippen molar-refractivity contribution in [2.45, 2.75) is 19.4 Å². The van der Waals surface area contributed by atoms with Crippen LogP contribution in [0.25, 0.3) is 0 Å². The van der Waals surface area contributed by atoms with Crippen LogP contribution in [0.1, 0.15) is 12.5 Å². The molecule has 3 nitrogen and oxygen atoms in total. The van der Waals surface area contributed by atoms with Crippen LogP contribution in [0.4, 0.5) is 10.1 Å². The van der Waals surface area contributed by atoms with Gasteiger partial charge in [-0.25, -0.2) is 4.39 Å². The number of nitrogens with zero attached hydrogens (tertiary/aromatic N) is 2. The molecule has 0 aliphatic rings. The van der Waals surface area contributed by atoms with Gasteiger partial charge < -0.3 is 5.32 Å². The average molecular weight is 233 g/mol. The lowest BCUT2D eigenvalue weighted by Crippen LogP contribution is -2.17. The normalized spacial score (nSPS) is 12.4. The molecule has 1 N–H and O–H groups in total. The van der Waals surface area contributed by atoms with E-state index in [9.17, 15) is 4.39 Å². The quantitative estimate of drug-likeness (QED) is 0.879. The van der Waals surface area contributed by atoms with Gasteiger partial charge in [0.1, 0.15) is 5.82 Å². The number of rotatable bonds is 4. The van der Waals surface area contributed by atoms with E-state index >= 15 is 0 Å². The van der Waals surface area contributed by atoms with Crippen LogP contribution in [0.5, 0.6) is 0 Å². The van der Waals surface area contributed by atoms with Crippen molar-refractivity contribution in [3.8, 4) is 0 Å². The van der Waals surface area contributed by atoms with Crippen molar-refractivity contribution >= 4 is 5.69 Å². The molecule has 0 aliphatic carbocycles. The summed E-state index contributed by atoms with van der Waals surface area (Å²) < 4.78 is 14.5. The molecule has 0 amide bonds. The molecule has 0 fully saturated rings. The van der Waals surface area contributed by atoms with E-state index in [-0.39, 0.29) is 11.9 Å². The molecule has 0 spiro atoms. The van der Waals surface area contributed by atoms with Crippen LogP contribution >= 0.6 is 0 Å². The third kappa shape index (κ3) is 3.31. The average Bonchev–Trinajstić information content (AvgIpc) is 2.67. The molecule has 0 unspecified atom stereocenters. The van der Waals surface area contributed by atoms with Gasteiger partial charge in [-0.15, -0.1) is 0 Å². The second-order valence-corrected chi connectivity index (χ2v) is 4.28. The molecule has 1 aromatic carbocycles. The Labute approximate surface area is 100 Å². The molecule has 2 aromatic rings. The van der Waals surface area contributed by atoms with Gasteiger partial charge in [-0.05, 0) is 31.0 Å². The van der Waals surface area contributed by atoms with Crippen LogP contribution < -0.4 is 5.32 Å². The molecule has 0 radical (unpaired) electrons. The van der Waals surface area contributed by atoms with Crippen molar-refractivity contribution in [2.24, 2.45) is 7.05 Å². The first-order chi connectivity index (χ1) is 8.13. The summed E-state index contributed by atoms with van der Waals surface area (Å²) in [5, 5.41) is 7.44. The molecule has 0 aliphatic heterocycles. The Morgan fingerprint density at radius 3 is 2.65 bits per heavy atom. The lowest BCUT2D eigenvalue weighted by Gasteiger charge is -2.13. The molecular weight excluding hydrogens is 217 g/mol. The number of halogens is 1. The minimum atomic E-state index is -0.193. The maximum Gasteiger partial charge on any atom is 0.123 e. The first-order valence-electron chi connectivity index (χ1n) is 5.63. The second kappa shape index (κ2) is 4.99. The Morgan fingerprint density at radius 2 is 2.06 bits per heavy atom. The van der Waals surface area contributed by atoms with E-state index in [0.29, 0.717) is 0 Å². The molecule has 90 valence electrons. The zero-order valence-electron chi connectivity index (χ0n) is 10.0. The van der Waals surface area contributed by atoms with Crippen molar-refractivity contribution in [3.63, 3.8) is 0 Å². The smallest absolute Gasteiger partial charge is 0.123 e. The van der Waals surface area contributed by atoms with Crippen LogP contribution in [-0.4, -0.2) is 15.8 Å². The first kappa shape index (κ1) is 11.6. The minimum Gasteiger partial charge on any atom is -0.380 e. The molecule has 1 atom stereocenters. The van der Waals surface area contributed by atoms with E-state index in [1.54, 1.807) is 10.9 Å². The van der Waals surface area contributed by atoms with Gasteiger partial charge in [-0.2, -0.15) is 5.10 Å². The fourth-order valence-electron chi connectivity index (χ4n) is 1.81. The Morgan fingerprint density at radius 1 is 1.35 bits per heavy atom. The van der Waals surface area contributed by atoms with Crippen LogP contribution in [0.15, 0.2) is 36.7 Å². The van der Waals surface area contributed by atoms with Gasteiger partial charge in [-0.1, -0.05) is 12.1 Å². The van der Waals surface area contributed by atoms with Gasteiger partial charge in [0.15, 0.2) is 0 Å². The molecule has 0 saturated carbocycles. The SMILES string of the molecule is C[C@H](Cc1ccc(F)cc1)Nc1cnn(C)c1. The number of aromatic nitrogens is 2. The number of hydrogen-bond acceptors (Lipinski definition) is 2. The molecule has 4 heteroatoms. The van der Waals surface area contributed by atoms with Gasteiger partial charge >= 0.3 is 0 Å². The first-order valence-corrected chi connectivity index (χ1v) is 5.63. The zero-order chi connectivity index (χ0) is 12.3. The fraction of sp³-hybridized carbons (Fsp3) is 0.308. The topological polar surface area (TPSA) is 29.9 Å². The molecule has 0 saturated heterocycles. The maximum absolute atomic E-state index is 12.7. The number of anilines is 1. The van der Waals surface area contributed by atoms with Gasteiger partial charge in [0.25, 0.3) is 0 Å². The predicted molar refractivity (Wildman–Crippen MR) is 66.4 cm³/mol. The summed E-state index contributed by atoms with van der Waals surface area (Å²) in [7, 11) is 1.88. The summed E-state index contributed by atoms with van der Waals surface area (Å²) in [4.78, 5) is 0. The highest BCUT2D eigenvalue weighted by Crippen LogP contribution is 2.10. The van der Waals surface area contributed by atoms with Crippen LogP contribution in [-0.2, 0) is 13.5 Å². The fourth-order valence-corrected chi connectivity index (χ4v) is 1.81. The van der Waals surface area contributed by atoms with Crippen LogP contribution in [0.3, 0.4) is 0 Å². The van der Waals surface area contributed by atoms with Crippen molar-refractivity contribution in [2.75, 3.05) is 5.32 Å². The van der Waals surface area contributed by atoms with Crippen molar-refractivity contribution in [1.82, 2.24) is 9.78 Å². The molecule has 2 rings (SSSR count). The Balaban J connectivity index is 1.93. The van der Waals surface area contributed by atoms with Crippen molar-refractivity contribution in [3.05, 3.63) is 48.0 Å². The molecular formula is C13H16FN3. The van der Waals surface area contributed by atoms with E-state index < -0.39 is 0 Å². The summed E-state index contributed by atoms with van der Waals surface area (Å²) in [6.45, 7) is 2.09. The predicted octanol–water partition coefficient (Wildman–Crippen LogP) is 2.60. The highest BCUT2D eigenvalue weighted by Gasteiger charge is 2.04. The summed E-state index contributed by atoms with van der Waals surface area (Å²) in [6.07, 6.45) is 4.58. The molecule has 1 heterocycles. The highest BCUT2D eigenvalue weighted by atomic mass is 19.1. The summed E-state index contributed by atoms with van der Waals surface area (Å²) in [5.41, 5.74) is 2.12. The van der Waals surface area contributed by atoms with Gasteiger partial charge in [-0.3, -0.25) is 4.68 Å². The molecule has 17 heavy (non-hydrogen) atoms. The van der Waals surface area contributed by atoms with Gasteiger partial charge in [0, 0.05) is 19.3 Å². The number of hydrogen-bond donors (Lipinski definition) is 1. The lowest BCUT2D eigenvalue weighted by molar-refractivity contribution is 0.626. The van der Waals surface area contributed by atoms with E-state index in [1.165, 1.54) is 12.1 Å². The lowest BCUT2D eigenvalue weighted by atomic mass is 10.1. The molecule has 0 bridgehead atoms. The highest BCUT2D eigenvalue weighted by molar-refractivity contribution is 5.39.